The average molecular weight is 261 g/mol. The smallest absolute Gasteiger partial charge is 0.257 e. The first-order valence-corrected chi connectivity index (χ1v) is 7.46. The molecule has 4 nitrogen and oxygen atoms in total. The van der Waals surface area contributed by atoms with Crippen LogP contribution in [-0.4, -0.2) is 33.2 Å². The van der Waals surface area contributed by atoms with Gasteiger partial charge >= 0.3 is 0 Å². The second-order valence-corrected chi connectivity index (χ2v) is 6.20. The molecule has 1 saturated heterocycles. The van der Waals surface area contributed by atoms with Crippen molar-refractivity contribution in [3.8, 4) is 0 Å². The Hall–Kier alpha value is -1.32. The maximum absolute atomic E-state index is 12.7. The molecule has 2 fully saturated rings. The minimum atomic E-state index is 0.177. The summed E-state index contributed by atoms with van der Waals surface area (Å²) in [6, 6.07) is 0.454. The minimum absolute atomic E-state index is 0.177. The van der Waals surface area contributed by atoms with Gasteiger partial charge in [0.1, 0.15) is 0 Å². The molecular weight excluding hydrogens is 238 g/mol. The van der Waals surface area contributed by atoms with E-state index in [1.807, 2.05) is 13.2 Å². The average Bonchev–Trinajstić information content (AvgIpc) is 2.84. The Morgan fingerprint density at radius 3 is 2.84 bits per heavy atom. The summed E-state index contributed by atoms with van der Waals surface area (Å²) >= 11 is 0. The van der Waals surface area contributed by atoms with Crippen molar-refractivity contribution in [1.82, 2.24) is 14.7 Å². The van der Waals surface area contributed by atoms with Crippen LogP contribution in [-0.2, 0) is 7.05 Å². The van der Waals surface area contributed by atoms with Crippen molar-refractivity contribution in [2.45, 2.75) is 45.1 Å². The van der Waals surface area contributed by atoms with Crippen LogP contribution in [0, 0.1) is 11.8 Å². The highest BCUT2D eigenvalue weighted by Gasteiger charge is 2.39. The van der Waals surface area contributed by atoms with E-state index < -0.39 is 0 Å². The van der Waals surface area contributed by atoms with Crippen molar-refractivity contribution in [2.24, 2.45) is 18.9 Å². The highest BCUT2D eigenvalue weighted by molar-refractivity contribution is 5.94. The van der Waals surface area contributed by atoms with Gasteiger partial charge in [0.2, 0.25) is 0 Å². The highest BCUT2D eigenvalue weighted by Crippen LogP contribution is 2.39. The van der Waals surface area contributed by atoms with Gasteiger partial charge in [-0.1, -0.05) is 13.3 Å². The lowest BCUT2D eigenvalue weighted by Crippen LogP contribution is -2.53. The second kappa shape index (κ2) is 4.99. The van der Waals surface area contributed by atoms with Gasteiger partial charge in [0.05, 0.1) is 11.8 Å². The van der Waals surface area contributed by atoms with Crippen molar-refractivity contribution in [1.29, 1.82) is 0 Å². The molecule has 1 saturated carbocycles. The fourth-order valence-electron chi connectivity index (χ4n) is 3.99. The molecule has 1 aliphatic heterocycles. The van der Waals surface area contributed by atoms with E-state index in [4.69, 9.17) is 0 Å². The van der Waals surface area contributed by atoms with Crippen molar-refractivity contribution in [3.05, 3.63) is 18.0 Å². The summed E-state index contributed by atoms with van der Waals surface area (Å²) in [6.07, 6.45) is 9.87. The van der Waals surface area contributed by atoms with Gasteiger partial charge in [-0.15, -0.1) is 0 Å². The van der Waals surface area contributed by atoms with Crippen molar-refractivity contribution >= 4 is 5.91 Å². The topological polar surface area (TPSA) is 38.1 Å². The quantitative estimate of drug-likeness (QED) is 0.779. The summed E-state index contributed by atoms with van der Waals surface area (Å²) in [7, 11) is 1.86. The normalized spacial score (nSPS) is 31.1. The number of carbonyl (C=O) groups is 1. The molecule has 3 atom stereocenters. The van der Waals surface area contributed by atoms with Crippen molar-refractivity contribution < 1.29 is 4.79 Å². The van der Waals surface area contributed by atoms with E-state index in [2.05, 4.69) is 16.9 Å². The molecule has 1 aromatic rings. The first-order valence-electron chi connectivity index (χ1n) is 7.46. The van der Waals surface area contributed by atoms with E-state index in [1.165, 1.54) is 25.7 Å². The zero-order valence-corrected chi connectivity index (χ0v) is 11.9. The number of nitrogens with zero attached hydrogens (tertiary/aromatic N) is 3. The summed E-state index contributed by atoms with van der Waals surface area (Å²) in [5.41, 5.74) is 0.737. The van der Waals surface area contributed by atoms with Gasteiger partial charge in [0.25, 0.3) is 5.91 Å². The second-order valence-electron chi connectivity index (χ2n) is 6.20. The van der Waals surface area contributed by atoms with Gasteiger partial charge in [0, 0.05) is 25.8 Å². The first-order chi connectivity index (χ1) is 9.16. The lowest BCUT2D eigenvalue weighted by molar-refractivity contribution is 0.0211. The molecule has 0 bridgehead atoms. The molecule has 2 heterocycles. The molecule has 0 unspecified atom stereocenters. The lowest BCUT2D eigenvalue weighted by Gasteiger charge is -2.47. The molecule has 2 aliphatic rings. The molecule has 19 heavy (non-hydrogen) atoms. The third-order valence-corrected chi connectivity index (χ3v) is 4.85. The Kier molecular flexibility index (Phi) is 3.33. The maximum atomic E-state index is 12.7. The summed E-state index contributed by atoms with van der Waals surface area (Å²) in [5, 5.41) is 4.12. The summed E-state index contributed by atoms with van der Waals surface area (Å²) in [5.74, 6) is 1.54. The van der Waals surface area contributed by atoms with Crippen LogP contribution in [0.2, 0.25) is 0 Å². The molecular formula is C15H23N3O. The number of carbonyl (C=O) groups excluding carboxylic acids is 1. The Morgan fingerprint density at radius 2 is 2.11 bits per heavy atom. The molecule has 104 valence electrons. The maximum Gasteiger partial charge on any atom is 0.257 e. The lowest BCUT2D eigenvalue weighted by atomic mass is 9.73. The highest BCUT2D eigenvalue weighted by atomic mass is 16.2. The van der Waals surface area contributed by atoms with E-state index >= 15 is 0 Å². The fourth-order valence-corrected chi connectivity index (χ4v) is 3.99. The van der Waals surface area contributed by atoms with Gasteiger partial charge in [-0.05, 0) is 37.5 Å². The number of hydrogen-bond acceptors (Lipinski definition) is 2. The van der Waals surface area contributed by atoms with E-state index in [-0.39, 0.29) is 5.91 Å². The SMILES string of the molecule is C[C@@H]1CCC[C@@H]2CCCN(C(=O)c3cnn(C)c3)[C@H]21. The number of rotatable bonds is 1. The van der Waals surface area contributed by atoms with Crippen LogP contribution in [0.15, 0.2) is 12.4 Å². The van der Waals surface area contributed by atoms with E-state index in [9.17, 15) is 4.79 Å². The Balaban J connectivity index is 1.83. The van der Waals surface area contributed by atoms with Crippen LogP contribution in [0.3, 0.4) is 0 Å². The molecule has 0 radical (unpaired) electrons. The third-order valence-electron chi connectivity index (χ3n) is 4.85. The molecule has 0 N–H and O–H groups in total. The molecule has 1 aliphatic carbocycles. The minimum Gasteiger partial charge on any atom is -0.335 e. The molecule has 0 spiro atoms. The van der Waals surface area contributed by atoms with E-state index in [1.54, 1.807) is 10.9 Å². The monoisotopic (exact) mass is 261 g/mol. The Labute approximate surface area is 114 Å². The first kappa shape index (κ1) is 12.7. The van der Waals surface area contributed by atoms with Crippen LogP contribution in [0.4, 0.5) is 0 Å². The molecule has 1 aromatic heterocycles. The van der Waals surface area contributed by atoms with Gasteiger partial charge in [-0.3, -0.25) is 9.48 Å². The number of fused-ring (bicyclic) bond motifs is 1. The summed E-state index contributed by atoms with van der Waals surface area (Å²) in [6.45, 7) is 3.23. The predicted octanol–water partition coefficient (Wildman–Crippen LogP) is 2.46. The van der Waals surface area contributed by atoms with E-state index in [0.29, 0.717) is 12.0 Å². The van der Waals surface area contributed by atoms with Crippen LogP contribution < -0.4 is 0 Å². The molecule has 4 heteroatoms. The van der Waals surface area contributed by atoms with Crippen LogP contribution in [0.25, 0.3) is 0 Å². The van der Waals surface area contributed by atoms with Gasteiger partial charge in [0.15, 0.2) is 0 Å². The van der Waals surface area contributed by atoms with Crippen molar-refractivity contribution in [3.63, 3.8) is 0 Å². The third kappa shape index (κ3) is 2.28. The fraction of sp³-hybridized carbons (Fsp3) is 0.733. The van der Waals surface area contributed by atoms with E-state index in [0.717, 1.165) is 24.4 Å². The van der Waals surface area contributed by atoms with Crippen LogP contribution >= 0.6 is 0 Å². The predicted molar refractivity (Wildman–Crippen MR) is 73.8 cm³/mol. The Bertz CT molecular complexity index is 466. The number of piperidine rings is 1. The zero-order chi connectivity index (χ0) is 13.4. The number of aryl methyl sites for hydroxylation is 1. The van der Waals surface area contributed by atoms with Crippen LogP contribution in [0.1, 0.15) is 49.4 Å². The molecule has 3 rings (SSSR count). The number of aromatic nitrogens is 2. The Morgan fingerprint density at radius 1 is 1.32 bits per heavy atom. The standard InChI is InChI=1S/C15H23N3O/c1-11-5-3-6-12-7-4-8-18(14(11)12)15(19)13-9-16-17(2)10-13/h9-12,14H,3-8H2,1-2H3/t11-,12-,14+/m1/s1. The van der Waals surface area contributed by atoms with Crippen LogP contribution in [0.5, 0.6) is 0 Å². The number of likely N-dealkylation sites (tertiary alicyclic amines) is 1. The molecule has 0 aromatic carbocycles. The van der Waals surface area contributed by atoms with Crippen molar-refractivity contribution in [2.75, 3.05) is 6.54 Å². The largest absolute Gasteiger partial charge is 0.335 e. The number of amides is 1. The van der Waals surface area contributed by atoms with Gasteiger partial charge in [-0.2, -0.15) is 5.10 Å². The number of hydrogen-bond donors (Lipinski definition) is 0. The summed E-state index contributed by atoms with van der Waals surface area (Å²) < 4.78 is 1.71. The van der Waals surface area contributed by atoms with Gasteiger partial charge in [-0.25, -0.2) is 0 Å². The van der Waals surface area contributed by atoms with Gasteiger partial charge < -0.3 is 4.90 Å². The molecule has 1 amide bonds. The summed E-state index contributed by atoms with van der Waals surface area (Å²) in [4.78, 5) is 14.8. The zero-order valence-electron chi connectivity index (χ0n) is 11.9.